The van der Waals surface area contributed by atoms with E-state index in [1.165, 1.54) is 12.1 Å². The van der Waals surface area contributed by atoms with Gasteiger partial charge in [-0.05, 0) is 36.4 Å². The monoisotopic (exact) mass is 379 g/mol. The zero-order valence-corrected chi connectivity index (χ0v) is 14.1. The Kier molecular flexibility index (Phi) is 4.73. The lowest BCUT2D eigenvalue weighted by Gasteiger charge is -1.99. The van der Waals surface area contributed by atoms with Gasteiger partial charge in [0.05, 0.1) is 11.4 Å². The molecule has 0 N–H and O–H groups in total. The van der Waals surface area contributed by atoms with Crippen molar-refractivity contribution < 1.29 is 4.39 Å². The minimum Gasteiger partial charge on any atom is -0.240 e. The van der Waals surface area contributed by atoms with Crippen molar-refractivity contribution in [2.75, 3.05) is 0 Å². The van der Waals surface area contributed by atoms with E-state index in [2.05, 4.69) is 38.4 Å². The normalized spacial score (nSPS) is 10.8. The molecule has 3 rings (SSSR count). The van der Waals surface area contributed by atoms with Crippen LogP contribution < -0.4 is 0 Å². The van der Waals surface area contributed by atoms with Gasteiger partial charge >= 0.3 is 0 Å². The molecular weight excluding hydrogens is 369 g/mol. The molecule has 0 saturated heterocycles. The Labute approximate surface area is 139 Å². The van der Waals surface area contributed by atoms with Gasteiger partial charge in [0.2, 0.25) is 0 Å². The van der Waals surface area contributed by atoms with Crippen molar-refractivity contribution in [3.05, 3.63) is 69.2 Å². The van der Waals surface area contributed by atoms with E-state index in [0.29, 0.717) is 0 Å². The molecule has 0 aliphatic carbocycles. The first-order chi connectivity index (χ1) is 10.2. The van der Waals surface area contributed by atoms with Gasteiger partial charge in [0, 0.05) is 20.3 Å². The van der Waals surface area contributed by atoms with Gasteiger partial charge in [-0.1, -0.05) is 28.1 Å². The summed E-state index contributed by atoms with van der Waals surface area (Å²) < 4.78 is 13.9. The number of aromatic nitrogens is 1. The summed E-state index contributed by atoms with van der Waals surface area (Å²) in [5, 5.41) is 3.14. The third kappa shape index (κ3) is 3.93. The Morgan fingerprint density at radius 1 is 1.14 bits per heavy atom. The van der Waals surface area contributed by atoms with E-state index in [4.69, 9.17) is 0 Å². The van der Waals surface area contributed by atoms with Crippen LogP contribution in [0.1, 0.15) is 5.01 Å². The molecule has 0 aliphatic rings. The topological polar surface area (TPSA) is 12.9 Å². The highest BCUT2D eigenvalue weighted by Gasteiger charge is 2.06. The largest absolute Gasteiger partial charge is 0.240 e. The fourth-order valence-electron chi connectivity index (χ4n) is 1.83. The first kappa shape index (κ1) is 14.8. The van der Waals surface area contributed by atoms with Crippen LogP contribution in [0.5, 0.6) is 0 Å². The van der Waals surface area contributed by atoms with Gasteiger partial charge in [0.1, 0.15) is 10.8 Å². The summed E-state index contributed by atoms with van der Waals surface area (Å²) in [6.45, 7) is 0. The molecular formula is C16H11BrFNS2. The maximum atomic E-state index is 12.9. The van der Waals surface area contributed by atoms with Crippen molar-refractivity contribution >= 4 is 39.0 Å². The van der Waals surface area contributed by atoms with Crippen LogP contribution in [0.3, 0.4) is 0 Å². The number of halogens is 2. The molecule has 0 atom stereocenters. The van der Waals surface area contributed by atoms with E-state index >= 15 is 0 Å². The maximum Gasteiger partial charge on any atom is 0.123 e. The Hall–Kier alpha value is -1.17. The fraction of sp³-hybridized carbons (Fsp3) is 0.0625. The third-order valence-electron chi connectivity index (χ3n) is 2.85. The summed E-state index contributed by atoms with van der Waals surface area (Å²) in [6, 6.07) is 14.7. The van der Waals surface area contributed by atoms with Crippen LogP contribution in [0.4, 0.5) is 4.39 Å². The molecule has 0 bridgehead atoms. The average Bonchev–Trinajstić information content (AvgIpc) is 2.96. The smallest absolute Gasteiger partial charge is 0.123 e. The summed E-state index contributed by atoms with van der Waals surface area (Å²) in [6.07, 6.45) is 0. The third-order valence-corrected chi connectivity index (χ3v) is 5.40. The van der Waals surface area contributed by atoms with E-state index in [-0.39, 0.29) is 5.82 Å². The molecule has 0 amide bonds. The number of rotatable bonds is 4. The molecule has 0 fully saturated rings. The Morgan fingerprint density at radius 3 is 2.71 bits per heavy atom. The van der Waals surface area contributed by atoms with Crippen molar-refractivity contribution in [1.29, 1.82) is 0 Å². The molecule has 1 aromatic heterocycles. The first-order valence-electron chi connectivity index (χ1n) is 6.29. The summed E-state index contributed by atoms with van der Waals surface area (Å²) in [5.41, 5.74) is 2.11. The van der Waals surface area contributed by atoms with Crippen LogP contribution in [0.15, 0.2) is 63.3 Å². The molecule has 5 heteroatoms. The zero-order chi connectivity index (χ0) is 14.7. The van der Waals surface area contributed by atoms with Crippen molar-refractivity contribution in [3.63, 3.8) is 0 Å². The number of thiazole rings is 1. The molecule has 0 saturated carbocycles. The first-order valence-corrected chi connectivity index (χ1v) is 8.95. The minimum absolute atomic E-state index is 0.203. The van der Waals surface area contributed by atoms with Gasteiger partial charge in [-0.15, -0.1) is 23.1 Å². The standard InChI is InChI=1S/C16H11BrFNS2/c17-12-3-1-2-11(8-12)15-9-21-16(19-15)10-20-14-6-4-13(18)5-7-14/h1-9H,10H2. The number of thioether (sulfide) groups is 1. The molecule has 2 aromatic carbocycles. The summed E-state index contributed by atoms with van der Waals surface area (Å²) in [4.78, 5) is 5.71. The quantitative estimate of drug-likeness (QED) is 0.515. The van der Waals surface area contributed by atoms with E-state index in [0.717, 1.165) is 31.4 Å². The Bertz CT molecular complexity index is 740. The van der Waals surface area contributed by atoms with Crippen molar-refractivity contribution in [2.45, 2.75) is 10.6 Å². The molecule has 21 heavy (non-hydrogen) atoms. The lowest BCUT2D eigenvalue weighted by Crippen LogP contribution is -1.82. The van der Waals surface area contributed by atoms with Gasteiger partial charge < -0.3 is 0 Å². The second-order valence-electron chi connectivity index (χ2n) is 4.38. The zero-order valence-electron chi connectivity index (χ0n) is 10.9. The number of hydrogen-bond acceptors (Lipinski definition) is 3. The Morgan fingerprint density at radius 2 is 1.95 bits per heavy atom. The van der Waals surface area contributed by atoms with Crippen LogP contribution in [0.25, 0.3) is 11.3 Å². The van der Waals surface area contributed by atoms with Gasteiger partial charge in [0.15, 0.2) is 0 Å². The van der Waals surface area contributed by atoms with Crippen LogP contribution >= 0.6 is 39.0 Å². The average molecular weight is 380 g/mol. The molecule has 3 aromatic rings. The lowest BCUT2D eigenvalue weighted by atomic mass is 10.2. The summed E-state index contributed by atoms with van der Waals surface area (Å²) in [7, 11) is 0. The van der Waals surface area contributed by atoms with Gasteiger partial charge in [-0.3, -0.25) is 0 Å². The number of hydrogen-bond donors (Lipinski definition) is 0. The summed E-state index contributed by atoms with van der Waals surface area (Å²) in [5.74, 6) is 0.593. The molecule has 0 radical (unpaired) electrons. The Balaban J connectivity index is 1.69. The van der Waals surface area contributed by atoms with E-state index in [1.807, 2.05) is 12.1 Å². The molecule has 106 valence electrons. The van der Waals surface area contributed by atoms with Crippen molar-refractivity contribution in [2.24, 2.45) is 0 Å². The lowest BCUT2D eigenvalue weighted by molar-refractivity contribution is 0.626. The van der Waals surface area contributed by atoms with E-state index < -0.39 is 0 Å². The maximum absolute atomic E-state index is 12.9. The highest BCUT2D eigenvalue weighted by atomic mass is 79.9. The second-order valence-corrected chi connectivity index (χ2v) is 7.29. The number of benzene rings is 2. The molecule has 0 aliphatic heterocycles. The van der Waals surface area contributed by atoms with Gasteiger partial charge in [-0.25, -0.2) is 9.37 Å². The predicted octanol–water partition coefficient (Wildman–Crippen LogP) is 6.00. The molecule has 1 heterocycles. The van der Waals surface area contributed by atoms with Crippen LogP contribution in [-0.4, -0.2) is 4.98 Å². The van der Waals surface area contributed by atoms with Crippen molar-refractivity contribution in [3.8, 4) is 11.3 Å². The highest BCUT2D eigenvalue weighted by molar-refractivity contribution is 9.10. The predicted molar refractivity (Wildman–Crippen MR) is 91.2 cm³/mol. The van der Waals surface area contributed by atoms with Crippen LogP contribution in [0.2, 0.25) is 0 Å². The van der Waals surface area contributed by atoms with Crippen LogP contribution in [0, 0.1) is 5.82 Å². The fourth-order valence-corrected chi connectivity index (χ4v) is 3.95. The summed E-state index contributed by atoms with van der Waals surface area (Å²) >= 11 is 6.79. The minimum atomic E-state index is -0.203. The van der Waals surface area contributed by atoms with Gasteiger partial charge in [0.25, 0.3) is 0 Å². The van der Waals surface area contributed by atoms with Crippen LogP contribution in [-0.2, 0) is 5.75 Å². The number of nitrogens with zero attached hydrogens (tertiary/aromatic N) is 1. The molecule has 0 spiro atoms. The highest BCUT2D eigenvalue weighted by Crippen LogP contribution is 2.28. The van der Waals surface area contributed by atoms with Gasteiger partial charge in [-0.2, -0.15) is 0 Å². The molecule has 0 unspecified atom stereocenters. The second kappa shape index (κ2) is 6.73. The van der Waals surface area contributed by atoms with Crippen molar-refractivity contribution in [1.82, 2.24) is 4.98 Å². The van der Waals surface area contributed by atoms with E-state index in [1.54, 1.807) is 35.2 Å². The SMILES string of the molecule is Fc1ccc(SCc2nc(-c3cccc(Br)c3)cs2)cc1. The molecule has 1 nitrogen and oxygen atoms in total. The van der Waals surface area contributed by atoms with E-state index in [9.17, 15) is 4.39 Å².